The van der Waals surface area contributed by atoms with Crippen LogP contribution in [0.1, 0.15) is 41.4 Å². The van der Waals surface area contributed by atoms with E-state index < -0.39 is 0 Å². The standard InChI is InChI=1S/C18H20O2S/c19-15(6-3-7-16-8-4-12-21-16)13-18-17-9-2-1-5-14(17)10-11-20-18/h1-2,4-5,8-9,12,18H,3,6-7,10-11,13H2. The van der Waals surface area contributed by atoms with Crippen LogP contribution in [0.4, 0.5) is 0 Å². The Labute approximate surface area is 129 Å². The number of rotatable bonds is 6. The summed E-state index contributed by atoms with van der Waals surface area (Å²) in [4.78, 5) is 13.5. The van der Waals surface area contributed by atoms with Crippen LogP contribution in [0.3, 0.4) is 0 Å². The number of carbonyl (C=O) groups is 1. The first kappa shape index (κ1) is 14.5. The van der Waals surface area contributed by atoms with Gasteiger partial charge < -0.3 is 4.74 Å². The SMILES string of the molecule is O=C(CCCc1cccs1)CC1OCCc2ccccc21. The van der Waals surface area contributed by atoms with Crippen molar-refractivity contribution in [2.75, 3.05) is 6.61 Å². The summed E-state index contributed by atoms with van der Waals surface area (Å²) in [6.07, 6.45) is 4.03. The van der Waals surface area contributed by atoms with Gasteiger partial charge in [0.15, 0.2) is 0 Å². The van der Waals surface area contributed by atoms with Gasteiger partial charge in [-0.15, -0.1) is 11.3 Å². The lowest BCUT2D eigenvalue weighted by molar-refractivity contribution is -0.122. The molecule has 1 atom stereocenters. The Balaban J connectivity index is 1.51. The topological polar surface area (TPSA) is 26.3 Å². The normalized spacial score (nSPS) is 17.4. The maximum atomic E-state index is 12.2. The number of carbonyl (C=O) groups excluding carboxylic acids is 1. The monoisotopic (exact) mass is 300 g/mol. The summed E-state index contributed by atoms with van der Waals surface area (Å²) in [7, 11) is 0. The van der Waals surface area contributed by atoms with E-state index in [0.29, 0.717) is 18.6 Å². The van der Waals surface area contributed by atoms with Gasteiger partial charge in [-0.25, -0.2) is 0 Å². The molecule has 0 saturated heterocycles. The van der Waals surface area contributed by atoms with Crippen LogP contribution in [-0.4, -0.2) is 12.4 Å². The number of Topliss-reactive ketones (excluding diaryl/α,β-unsaturated/α-hetero) is 1. The van der Waals surface area contributed by atoms with Crippen molar-refractivity contribution >= 4 is 17.1 Å². The third-order valence-corrected chi connectivity index (χ3v) is 4.90. The lowest BCUT2D eigenvalue weighted by Gasteiger charge is -2.25. The number of hydrogen-bond donors (Lipinski definition) is 0. The molecule has 2 aromatic rings. The van der Waals surface area contributed by atoms with Crippen molar-refractivity contribution in [3.8, 4) is 0 Å². The van der Waals surface area contributed by atoms with Crippen LogP contribution in [-0.2, 0) is 22.4 Å². The van der Waals surface area contributed by atoms with Gasteiger partial charge in [0.1, 0.15) is 5.78 Å². The molecule has 0 saturated carbocycles. The summed E-state index contributed by atoms with van der Waals surface area (Å²) in [6.45, 7) is 0.726. The Morgan fingerprint density at radius 2 is 2.14 bits per heavy atom. The molecular weight excluding hydrogens is 280 g/mol. The van der Waals surface area contributed by atoms with E-state index in [0.717, 1.165) is 25.9 Å². The fourth-order valence-corrected chi connectivity index (χ4v) is 3.62. The first-order valence-corrected chi connectivity index (χ1v) is 8.44. The molecule has 110 valence electrons. The van der Waals surface area contributed by atoms with E-state index in [4.69, 9.17) is 4.74 Å². The lowest BCUT2D eigenvalue weighted by atomic mass is 9.94. The van der Waals surface area contributed by atoms with Crippen LogP contribution in [0.2, 0.25) is 0 Å². The molecule has 3 rings (SSSR count). The maximum absolute atomic E-state index is 12.2. The van der Waals surface area contributed by atoms with E-state index in [1.54, 1.807) is 11.3 Å². The van der Waals surface area contributed by atoms with Gasteiger partial charge in [0.2, 0.25) is 0 Å². The van der Waals surface area contributed by atoms with E-state index >= 15 is 0 Å². The summed E-state index contributed by atoms with van der Waals surface area (Å²) < 4.78 is 5.81. The summed E-state index contributed by atoms with van der Waals surface area (Å²) in [5, 5.41) is 2.09. The molecular formula is C18H20O2S. The number of thiophene rings is 1. The van der Waals surface area contributed by atoms with Crippen molar-refractivity contribution in [1.82, 2.24) is 0 Å². The van der Waals surface area contributed by atoms with Crippen LogP contribution < -0.4 is 0 Å². The first-order chi connectivity index (χ1) is 10.3. The molecule has 1 aliphatic heterocycles. The van der Waals surface area contributed by atoms with Crippen LogP contribution in [0.15, 0.2) is 41.8 Å². The van der Waals surface area contributed by atoms with Crippen LogP contribution >= 0.6 is 11.3 Å². The largest absolute Gasteiger partial charge is 0.373 e. The fourth-order valence-electron chi connectivity index (χ4n) is 2.87. The summed E-state index contributed by atoms with van der Waals surface area (Å²) in [5.74, 6) is 0.313. The highest BCUT2D eigenvalue weighted by atomic mass is 32.1. The van der Waals surface area contributed by atoms with E-state index in [9.17, 15) is 4.79 Å². The first-order valence-electron chi connectivity index (χ1n) is 7.56. The number of benzene rings is 1. The molecule has 1 aromatic heterocycles. The molecule has 0 N–H and O–H groups in total. The zero-order chi connectivity index (χ0) is 14.5. The minimum absolute atomic E-state index is 0.0378. The highest BCUT2D eigenvalue weighted by Gasteiger charge is 2.22. The predicted molar refractivity (Wildman–Crippen MR) is 85.7 cm³/mol. The summed E-state index contributed by atoms with van der Waals surface area (Å²) >= 11 is 1.76. The molecule has 0 amide bonds. The molecule has 0 spiro atoms. The minimum atomic E-state index is -0.0378. The Hall–Kier alpha value is -1.45. The van der Waals surface area contributed by atoms with Crippen LogP contribution in [0, 0.1) is 0 Å². The lowest BCUT2D eigenvalue weighted by Crippen LogP contribution is -2.19. The zero-order valence-electron chi connectivity index (χ0n) is 12.1. The number of fused-ring (bicyclic) bond motifs is 1. The van der Waals surface area contributed by atoms with Gasteiger partial charge >= 0.3 is 0 Å². The van der Waals surface area contributed by atoms with E-state index in [1.807, 2.05) is 6.07 Å². The van der Waals surface area contributed by atoms with Gasteiger partial charge in [-0.2, -0.15) is 0 Å². The number of aryl methyl sites for hydroxylation is 1. The molecule has 0 fully saturated rings. The molecule has 21 heavy (non-hydrogen) atoms. The second kappa shape index (κ2) is 7.01. The minimum Gasteiger partial charge on any atom is -0.373 e. The van der Waals surface area contributed by atoms with Gasteiger partial charge in [-0.3, -0.25) is 4.79 Å². The van der Waals surface area contributed by atoms with Crippen molar-refractivity contribution in [3.05, 3.63) is 57.8 Å². The van der Waals surface area contributed by atoms with E-state index in [1.165, 1.54) is 16.0 Å². The summed E-state index contributed by atoms with van der Waals surface area (Å²) in [5.41, 5.74) is 2.54. The number of ether oxygens (including phenoxy) is 1. The van der Waals surface area contributed by atoms with Gasteiger partial charge in [0.05, 0.1) is 12.7 Å². The molecule has 2 heterocycles. The van der Waals surface area contributed by atoms with E-state index in [2.05, 4.69) is 35.7 Å². The van der Waals surface area contributed by atoms with Gasteiger partial charge in [-0.1, -0.05) is 30.3 Å². The molecule has 0 aliphatic carbocycles. The third kappa shape index (κ3) is 3.80. The average molecular weight is 300 g/mol. The molecule has 1 unspecified atom stereocenters. The van der Waals surface area contributed by atoms with Crippen molar-refractivity contribution in [1.29, 1.82) is 0 Å². The second-order valence-electron chi connectivity index (χ2n) is 5.48. The average Bonchev–Trinajstić information content (AvgIpc) is 3.01. The molecule has 3 heteroatoms. The quantitative estimate of drug-likeness (QED) is 0.793. The predicted octanol–water partition coefficient (Wildman–Crippen LogP) is 4.34. The molecule has 0 radical (unpaired) electrons. The van der Waals surface area contributed by atoms with Crippen LogP contribution in [0.5, 0.6) is 0 Å². The van der Waals surface area contributed by atoms with Crippen LogP contribution in [0.25, 0.3) is 0 Å². The Kier molecular flexibility index (Phi) is 4.84. The van der Waals surface area contributed by atoms with Gasteiger partial charge in [0.25, 0.3) is 0 Å². The Bertz CT molecular complexity index is 589. The second-order valence-corrected chi connectivity index (χ2v) is 6.52. The Morgan fingerprint density at radius 1 is 1.24 bits per heavy atom. The zero-order valence-corrected chi connectivity index (χ0v) is 12.9. The maximum Gasteiger partial charge on any atom is 0.135 e. The fraction of sp³-hybridized carbons (Fsp3) is 0.389. The van der Waals surface area contributed by atoms with Crippen molar-refractivity contribution < 1.29 is 9.53 Å². The molecule has 1 aliphatic rings. The van der Waals surface area contributed by atoms with Gasteiger partial charge in [-0.05, 0) is 41.8 Å². The number of hydrogen-bond acceptors (Lipinski definition) is 3. The summed E-state index contributed by atoms with van der Waals surface area (Å²) in [6, 6.07) is 12.5. The number of ketones is 1. The highest BCUT2D eigenvalue weighted by molar-refractivity contribution is 7.09. The molecule has 1 aromatic carbocycles. The van der Waals surface area contributed by atoms with Crippen molar-refractivity contribution in [2.24, 2.45) is 0 Å². The molecule has 2 nitrogen and oxygen atoms in total. The smallest absolute Gasteiger partial charge is 0.135 e. The third-order valence-electron chi connectivity index (χ3n) is 3.96. The van der Waals surface area contributed by atoms with E-state index in [-0.39, 0.29) is 6.10 Å². The Morgan fingerprint density at radius 3 is 3.00 bits per heavy atom. The molecule has 0 bridgehead atoms. The highest BCUT2D eigenvalue weighted by Crippen LogP contribution is 2.30. The van der Waals surface area contributed by atoms with Crippen molar-refractivity contribution in [3.63, 3.8) is 0 Å². The van der Waals surface area contributed by atoms with Crippen molar-refractivity contribution in [2.45, 2.75) is 38.2 Å². The van der Waals surface area contributed by atoms with Gasteiger partial charge in [0, 0.05) is 17.7 Å².